The molecule has 0 saturated carbocycles. The van der Waals surface area contributed by atoms with E-state index < -0.39 is 0 Å². The van der Waals surface area contributed by atoms with Gasteiger partial charge in [0.1, 0.15) is 5.76 Å². The van der Waals surface area contributed by atoms with Gasteiger partial charge < -0.3 is 15.1 Å². The van der Waals surface area contributed by atoms with Crippen LogP contribution in [-0.2, 0) is 6.54 Å². The van der Waals surface area contributed by atoms with Gasteiger partial charge in [-0.2, -0.15) is 0 Å². The highest BCUT2D eigenvalue weighted by atomic mass is 16.3. The largest absolute Gasteiger partial charge is 0.467 e. The second kappa shape index (κ2) is 7.14. The van der Waals surface area contributed by atoms with Gasteiger partial charge in [0.2, 0.25) is 0 Å². The SMILES string of the molecule is C=C(C)CN1CCC(NC(=O)NCc2ccco2)CC1. The van der Waals surface area contributed by atoms with E-state index in [1.165, 1.54) is 5.57 Å². The summed E-state index contributed by atoms with van der Waals surface area (Å²) in [5.74, 6) is 0.761. The van der Waals surface area contributed by atoms with Crippen molar-refractivity contribution in [1.29, 1.82) is 0 Å². The molecule has 0 aliphatic carbocycles. The van der Waals surface area contributed by atoms with Gasteiger partial charge in [0, 0.05) is 25.7 Å². The number of nitrogens with one attached hydrogen (secondary N) is 2. The summed E-state index contributed by atoms with van der Waals surface area (Å²) in [6.07, 6.45) is 3.58. The smallest absolute Gasteiger partial charge is 0.315 e. The molecule has 1 fully saturated rings. The fourth-order valence-electron chi connectivity index (χ4n) is 2.43. The minimum atomic E-state index is -0.125. The lowest BCUT2D eigenvalue weighted by atomic mass is 10.0. The van der Waals surface area contributed by atoms with E-state index in [0.717, 1.165) is 38.2 Å². The number of urea groups is 1. The summed E-state index contributed by atoms with van der Waals surface area (Å²) in [5.41, 5.74) is 1.19. The fraction of sp³-hybridized carbons (Fsp3) is 0.533. The molecule has 1 aromatic rings. The van der Waals surface area contributed by atoms with Gasteiger partial charge in [-0.1, -0.05) is 12.2 Å². The summed E-state index contributed by atoms with van der Waals surface area (Å²) >= 11 is 0. The summed E-state index contributed by atoms with van der Waals surface area (Å²) in [6.45, 7) is 9.38. The molecule has 5 heteroatoms. The second-order valence-electron chi connectivity index (χ2n) is 5.41. The molecule has 1 saturated heterocycles. The molecule has 2 rings (SSSR count). The van der Waals surface area contributed by atoms with Crippen LogP contribution in [0.1, 0.15) is 25.5 Å². The molecule has 0 radical (unpaired) electrons. The molecule has 0 spiro atoms. The number of likely N-dealkylation sites (tertiary alicyclic amines) is 1. The Balaban J connectivity index is 1.64. The first-order valence-electron chi connectivity index (χ1n) is 7.07. The highest BCUT2D eigenvalue weighted by molar-refractivity contribution is 5.74. The van der Waals surface area contributed by atoms with Crippen molar-refractivity contribution < 1.29 is 9.21 Å². The van der Waals surface area contributed by atoms with Crippen LogP contribution in [0.2, 0.25) is 0 Å². The summed E-state index contributed by atoms with van der Waals surface area (Å²) in [5, 5.41) is 5.82. The van der Waals surface area contributed by atoms with Crippen LogP contribution < -0.4 is 10.6 Å². The van der Waals surface area contributed by atoms with Crippen molar-refractivity contribution in [2.45, 2.75) is 32.4 Å². The van der Waals surface area contributed by atoms with E-state index >= 15 is 0 Å². The third-order valence-electron chi connectivity index (χ3n) is 3.42. The predicted octanol–water partition coefficient (Wildman–Crippen LogP) is 2.12. The van der Waals surface area contributed by atoms with Gasteiger partial charge in [0.15, 0.2) is 0 Å². The molecule has 5 nitrogen and oxygen atoms in total. The van der Waals surface area contributed by atoms with Crippen molar-refractivity contribution >= 4 is 6.03 Å². The molecule has 2 heterocycles. The molecule has 1 aliphatic heterocycles. The Morgan fingerprint density at radius 1 is 1.50 bits per heavy atom. The first-order valence-corrected chi connectivity index (χ1v) is 7.07. The van der Waals surface area contributed by atoms with Crippen molar-refractivity contribution in [2.24, 2.45) is 0 Å². The second-order valence-corrected chi connectivity index (χ2v) is 5.41. The summed E-state index contributed by atoms with van der Waals surface area (Å²) in [6, 6.07) is 3.79. The molecule has 0 aromatic carbocycles. The van der Waals surface area contributed by atoms with Gasteiger partial charge in [0.05, 0.1) is 12.8 Å². The third-order valence-corrected chi connectivity index (χ3v) is 3.42. The van der Waals surface area contributed by atoms with Crippen molar-refractivity contribution in [3.05, 3.63) is 36.3 Å². The van der Waals surface area contributed by atoms with Crippen molar-refractivity contribution in [1.82, 2.24) is 15.5 Å². The molecule has 1 aliphatic rings. The van der Waals surface area contributed by atoms with E-state index in [2.05, 4.69) is 22.1 Å². The Morgan fingerprint density at radius 2 is 2.25 bits per heavy atom. The molecule has 0 bridgehead atoms. The van der Waals surface area contributed by atoms with E-state index in [-0.39, 0.29) is 12.1 Å². The van der Waals surface area contributed by atoms with Crippen LogP contribution in [0.3, 0.4) is 0 Å². The zero-order chi connectivity index (χ0) is 14.4. The van der Waals surface area contributed by atoms with Crippen LogP contribution in [0, 0.1) is 0 Å². The van der Waals surface area contributed by atoms with E-state index in [1.807, 2.05) is 19.1 Å². The van der Waals surface area contributed by atoms with Gasteiger partial charge in [-0.25, -0.2) is 4.79 Å². The molecule has 20 heavy (non-hydrogen) atoms. The van der Waals surface area contributed by atoms with E-state index in [0.29, 0.717) is 6.54 Å². The van der Waals surface area contributed by atoms with Gasteiger partial charge >= 0.3 is 6.03 Å². The molecule has 1 aromatic heterocycles. The Labute approximate surface area is 120 Å². The van der Waals surface area contributed by atoms with Gasteiger partial charge in [0.25, 0.3) is 0 Å². The number of carbonyl (C=O) groups excluding carboxylic acids is 1. The maximum Gasteiger partial charge on any atom is 0.315 e. The topological polar surface area (TPSA) is 57.5 Å². The molecular formula is C15H23N3O2. The first-order chi connectivity index (χ1) is 9.63. The molecular weight excluding hydrogens is 254 g/mol. The first kappa shape index (κ1) is 14.7. The quantitative estimate of drug-likeness (QED) is 0.811. The number of furan rings is 1. The third kappa shape index (κ3) is 4.74. The molecule has 0 atom stereocenters. The Kier molecular flexibility index (Phi) is 5.24. The van der Waals surface area contributed by atoms with Gasteiger partial charge in [-0.15, -0.1) is 0 Å². The normalized spacial score (nSPS) is 16.9. The lowest BCUT2D eigenvalue weighted by Gasteiger charge is -2.32. The molecule has 2 N–H and O–H groups in total. The molecule has 2 amide bonds. The monoisotopic (exact) mass is 277 g/mol. The van der Waals surface area contributed by atoms with Crippen LogP contribution >= 0.6 is 0 Å². The lowest BCUT2D eigenvalue weighted by Crippen LogP contribution is -2.47. The van der Waals surface area contributed by atoms with Crippen molar-refractivity contribution in [3.63, 3.8) is 0 Å². The number of nitrogens with zero attached hydrogens (tertiary/aromatic N) is 1. The number of hydrogen-bond donors (Lipinski definition) is 2. The minimum absolute atomic E-state index is 0.125. The van der Waals surface area contributed by atoms with Gasteiger partial charge in [-0.05, 0) is 31.9 Å². The maximum absolute atomic E-state index is 11.8. The van der Waals surface area contributed by atoms with Crippen LogP contribution in [0.25, 0.3) is 0 Å². The van der Waals surface area contributed by atoms with Crippen molar-refractivity contribution in [3.8, 4) is 0 Å². The Morgan fingerprint density at radius 3 is 2.85 bits per heavy atom. The van der Waals surface area contributed by atoms with E-state index in [9.17, 15) is 4.79 Å². The average molecular weight is 277 g/mol. The van der Waals surface area contributed by atoms with Crippen LogP contribution in [-0.4, -0.2) is 36.6 Å². The lowest BCUT2D eigenvalue weighted by molar-refractivity contribution is 0.201. The van der Waals surface area contributed by atoms with Crippen LogP contribution in [0.4, 0.5) is 4.79 Å². The Bertz CT molecular complexity index is 434. The zero-order valence-electron chi connectivity index (χ0n) is 12.0. The zero-order valence-corrected chi connectivity index (χ0v) is 12.0. The van der Waals surface area contributed by atoms with E-state index in [4.69, 9.17) is 4.42 Å². The Hall–Kier alpha value is -1.75. The number of hydrogen-bond acceptors (Lipinski definition) is 3. The average Bonchev–Trinajstić information content (AvgIpc) is 2.91. The maximum atomic E-state index is 11.8. The summed E-state index contributed by atoms with van der Waals surface area (Å²) in [7, 11) is 0. The highest BCUT2D eigenvalue weighted by Crippen LogP contribution is 2.11. The van der Waals surface area contributed by atoms with E-state index in [1.54, 1.807) is 6.26 Å². The highest BCUT2D eigenvalue weighted by Gasteiger charge is 2.20. The number of carbonyl (C=O) groups is 1. The fourth-order valence-corrected chi connectivity index (χ4v) is 2.43. The standard InChI is InChI=1S/C15H23N3O2/c1-12(2)11-18-7-5-13(6-8-18)17-15(19)16-10-14-4-3-9-20-14/h3-4,9,13H,1,5-8,10-11H2,2H3,(H2,16,17,19). The van der Waals surface area contributed by atoms with Crippen LogP contribution in [0.15, 0.2) is 35.0 Å². The van der Waals surface area contributed by atoms with Crippen LogP contribution in [0.5, 0.6) is 0 Å². The summed E-state index contributed by atoms with van der Waals surface area (Å²) < 4.78 is 5.17. The summed E-state index contributed by atoms with van der Waals surface area (Å²) in [4.78, 5) is 14.2. The minimum Gasteiger partial charge on any atom is -0.467 e. The molecule has 0 unspecified atom stereocenters. The van der Waals surface area contributed by atoms with Gasteiger partial charge in [-0.3, -0.25) is 4.90 Å². The molecule has 110 valence electrons. The number of rotatable bonds is 5. The van der Waals surface area contributed by atoms with Crippen molar-refractivity contribution in [2.75, 3.05) is 19.6 Å². The number of amides is 2. The predicted molar refractivity (Wildman–Crippen MR) is 78.4 cm³/mol. The number of piperidine rings is 1.